The lowest BCUT2D eigenvalue weighted by Crippen LogP contribution is -2.46. The zero-order chi connectivity index (χ0) is 17.9. The molecule has 1 amide bonds. The van der Waals surface area contributed by atoms with Crippen LogP contribution in [0.2, 0.25) is 0 Å². The highest BCUT2D eigenvalue weighted by Gasteiger charge is 2.40. The van der Waals surface area contributed by atoms with Gasteiger partial charge in [0.05, 0.1) is 13.2 Å². The van der Waals surface area contributed by atoms with E-state index in [1.54, 1.807) is 19.2 Å². The van der Waals surface area contributed by atoms with E-state index in [2.05, 4.69) is 5.32 Å². The van der Waals surface area contributed by atoms with Crippen molar-refractivity contribution in [2.75, 3.05) is 7.11 Å². The maximum atomic E-state index is 12.6. The second-order valence-corrected chi connectivity index (χ2v) is 6.80. The van der Waals surface area contributed by atoms with Crippen molar-refractivity contribution in [3.05, 3.63) is 54.1 Å². The van der Waals surface area contributed by atoms with E-state index in [1.807, 2.05) is 36.4 Å². The summed E-state index contributed by atoms with van der Waals surface area (Å²) in [5.74, 6) is 2.07. The minimum Gasteiger partial charge on any atom is -0.493 e. The topological polar surface area (TPSA) is 56.8 Å². The largest absolute Gasteiger partial charge is 0.493 e. The minimum absolute atomic E-state index is 0.104. The van der Waals surface area contributed by atoms with E-state index in [9.17, 15) is 4.79 Å². The van der Waals surface area contributed by atoms with Gasteiger partial charge in [-0.05, 0) is 37.5 Å². The Morgan fingerprint density at radius 3 is 2.62 bits per heavy atom. The Kier molecular flexibility index (Phi) is 4.69. The first kappa shape index (κ1) is 16.8. The molecule has 3 unspecified atom stereocenters. The molecule has 0 radical (unpaired) electrons. The Balaban J connectivity index is 1.56. The number of methoxy groups -OCH3 is 1. The second kappa shape index (κ2) is 7.28. The van der Waals surface area contributed by atoms with Crippen LogP contribution >= 0.6 is 0 Å². The molecule has 5 heteroatoms. The Hall–Kier alpha value is -2.69. The standard InChI is InChI=1S/C21H23NO4/c1-24-18-12-6-7-13-19(18)26-21(23)22-20-14-8-2-4-10-16(14)25-17-11-5-3-9-15(17)20/h2,4,6-8,10,12-13,15,17,20H,3,5,9,11H2,1H3,(H,22,23). The molecule has 2 aromatic carbocycles. The van der Waals surface area contributed by atoms with Crippen molar-refractivity contribution >= 4 is 6.09 Å². The molecule has 26 heavy (non-hydrogen) atoms. The van der Waals surface area contributed by atoms with Crippen LogP contribution in [0.4, 0.5) is 4.79 Å². The van der Waals surface area contributed by atoms with E-state index >= 15 is 0 Å². The predicted octanol–water partition coefficient (Wildman–Crippen LogP) is 4.48. The van der Waals surface area contributed by atoms with Gasteiger partial charge in [0.25, 0.3) is 0 Å². The zero-order valence-corrected chi connectivity index (χ0v) is 14.8. The number of benzene rings is 2. The molecular weight excluding hydrogens is 330 g/mol. The Morgan fingerprint density at radius 1 is 1.04 bits per heavy atom. The van der Waals surface area contributed by atoms with Crippen molar-refractivity contribution in [1.82, 2.24) is 5.32 Å². The molecule has 2 aliphatic rings. The van der Waals surface area contributed by atoms with Crippen molar-refractivity contribution in [2.24, 2.45) is 5.92 Å². The van der Waals surface area contributed by atoms with Gasteiger partial charge in [0, 0.05) is 11.5 Å². The summed E-state index contributed by atoms with van der Waals surface area (Å²) in [5, 5.41) is 3.08. The molecule has 1 aliphatic heterocycles. The van der Waals surface area contributed by atoms with Gasteiger partial charge in [0.1, 0.15) is 11.9 Å². The fourth-order valence-corrected chi connectivity index (χ4v) is 4.04. The number of hydrogen-bond donors (Lipinski definition) is 1. The van der Waals surface area contributed by atoms with Crippen LogP contribution in [-0.2, 0) is 0 Å². The molecule has 136 valence electrons. The lowest BCUT2D eigenvalue weighted by Gasteiger charge is -2.42. The summed E-state index contributed by atoms with van der Waals surface area (Å²) in [5.41, 5.74) is 1.02. The quantitative estimate of drug-likeness (QED) is 0.884. The summed E-state index contributed by atoms with van der Waals surface area (Å²) < 4.78 is 17.0. The van der Waals surface area contributed by atoms with Crippen molar-refractivity contribution in [3.8, 4) is 17.2 Å². The van der Waals surface area contributed by atoms with Crippen molar-refractivity contribution in [3.63, 3.8) is 0 Å². The first-order valence-corrected chi connectivity index (χ1v) is 9.13. The van der Waals surface area contributed by atoms with Crippen LogP contribution in [0.15, 0.2) is 48.5 Å². The lowest BCUT2D eigenvalue weighted by atomic mass is 9.77. The van der Waals surface area contributed by atoms with E-state index < -0.39 is 6.09 Å². The average Bonchev–Trinajstić information content (AvgIpc) is 2.68. The fourth-order valence-electron chi connectivity index (χ4n) is 4.04. The molecule has 1 saturated carbocycles. The lowest BCUT2D eigenvalue weighted by molar-refractivity contribution is 0.0474. The van der Waals surface area contributed by atoms with Crippen LogP contribution in [0.1, 0.15) is 37.3 Å². The van der Waals surface area contributed by atoms with Gasteiger partial charge >= 0.3 is 6.09 Å². The molecule has 2 aromatic rings. The Bertz CT molecular complexity index is 791. The van der Waals surface area contributed by atoms with Crippen molar-refractivity contribution in [1.29, 1.82) is 0 Å². The molecule has 0 bridgehead atoms. The highest BCUT2D eigenvalue weighted by atomic mass is 16.6. The maximum Gasteiger partial charge on any atom is 0.413 e. The summed E-state index contributed by atoms with van der Waals surface area (Å²) in [7, 11) is 1.56. The number of fused-ring (bicyclic) bond motifs is 2. The molecule has 1 N–H and O–H groups in total. The van der Waals surface area contributed by atoms with E-state index in [-0.39, 0.29) is 18.1 Å². The van der Waals surface area contributed by atoms with Crippen LogP contribution in [0.5, 0.6) is 17.2 Å². The van der Waals surface area contributed by atoms with Crippen LogP contribution in [0.3, 0.4) is 0 Å². The molecule has 1 fully saturated rings. The van der Waals surface area contributed by atoms with Gasteiger partial charge in [0.15, 0.2) is 11.5 Å². The molecule has 5 nitrogen and oxygen atoms in total. The number of amides is 1. The van der Waals surface area contributed by atoms with Crippen LogP contribution in [0, 0.1) is 5.92 Å². The summed E-state index contributed by atoms with van der Waals surface area (Å²) >= 11 is 0. The van der Waals surface area contributed by atoms with Gasteiger partial charge in [0.2, 0.25) is 0 Å². The molecular formula is C21H23NO4. The fraction of sp³-hybridized carbons (Fsp3) is 0.381. The highest BCUT2D eigenvalue weighted by Crippen LogP contribution is 2.44. The van der Waals surface area contributed by atoms with Crippen LogP contribution < -0.4 is 19.5 Å². The third-order valence-corrected chi connectivity index (χ3v) is 5.26. The van der Waals surface area contributed by atoms with Crippen LogP contribution in [0.25, 0.3) is 0 Å². The van der Waals surface area contributed by atoms with Crippen molar-refractivity contribution in [2.45, 2.75) is 37.8 Å². The van der Waals surface area contributed by atoms with E-state index in [0.29, 0.717) is 11.5 Å². The summed E-state index contributed by atoms with van der Waals surface area (Å²) in [6, 6.07) is 15.0. The van der Waals surface area contributed by atoms with Crippen molar-refractivity contribution < 1.29 is 19.0 Å². The normalized spacial score (nSPS) is 23.8. The van der Waals surface area contributed by atoms with Crippen LogP contribution in [-0.4, -0.2) is 19.3 Å². The Labute approximate surface area is 153 Å². The summed E-state index contributed by atoms with van der Waals surface area (Å²) in [6.45, 7) is 0. The third-order valence-electron chi connectivity index (χ3n) is 5.26. The molecule has 4 rings (SSSR count). The maximum absolute atomic E-state index is 12.6. The molecule has 1 aliphatic carbocycles. The predicted molar refractivity (Wildman–Crippen MR) is 97.7 cm³/mol. The third kappa shape index (κ3) is 3.21. The van der Waals surface area contributed by atoms with E-state index in [1.165, 1.54) is 6.42 Å². The number of ether oxygens (including phenoxy) is 3. The average molecular weight is 353 g/mol. The molecule has 0 spiro atoms. The number of carbonyl (C=O) groups is 1. The SMILES string of the molecule is COc1ccccc1OC(=O)NC1c2ccccc2OC2CCCCC21. The smallest absolute Gasteiger partial charge is 0.413 e. The zero-order valence-electron chi connectivity index (χ0n) is 14.8. The number of nitrogens with one attached hydrogen (secondary N) is 1. The summed E-state index contributed by atoms with van der Waals surface area (Å²) in [4.78, 5) is 12.6. The Morgan fingerprint density at radius 2 is 1.77 bits per heavy atom. The molecule has 3 atom stereocenters. The molecule has 1 heterocycles. The molecule has 0 aromatic heterocycles. The second-order valence-electron chi connectivity index (χ2n) is 6.80. The van der Waals surface area contributed by atoms with Gasteiger partial charge < -0.3 is 19.5 Å². The minimum atomic E-state index is -0.472. The number of carbonyl (C=O) groups excluding carboxylic acids is 1. The van der Waals surface area contributed by atoms with Gasteiger partial charge in [-0.3, -0.25) is 0 Å². The monoisotopic (exact) mass is 353 g/mol. The number of hydrogen-bond acceptors (Lipinski definition) is 4. The number of para-hydroxylation sites is 3. The number of rotatable bonds is 3. The summed E-state index contributed by atoms with van der Waals surface area (Å²) in [6.07, 6.45) is 4.07. The first-order valence-electron chi connectivity index (χ1n) is 9.13. The van der Waals surface area contributed by atoms with E-state index in [0.717, 1.165) is 30.6 Å². The van der Waals surface area contributed by atoms with Gasteiger partial charge in [-0.1, -0.05) is 36.8 Å². The molecule has 0 saturated heterocycles. The first-order chi connectivity index (χ1) is 12.8. The van der Waals surface area contributed by atoms with E-state index in [4.69, 9.17) is 14.2 Å². The highest BCUT2D eigenvalue weighted by molar-refractivity contribution is 5.72. The van der Waals surface area contributed by atoms with Gasteiger partial charge in [-0.25, -0.2) is 4.79 Å². The van der Waals surface area contributed by atoms with Gasteiger partial charge in [-0.2, -0.15) is 0 Å². The van der Waals surface area contributed by atoms with Gasteiger partial charge in [-0.15, -0.1) is 0 Å².